The van der Waals surface area contributed by atoms with Crippen LogP contribution < -0.4 is 5.46 Å². The van der Waals surface area contributed by atoms with Crippen LogP contribution in [0.2, 0.25) is 0 Å². The van der Waals surface area contributed by atoms with E-state index in [2.05, 4.69) is 4.98 Å². The zero-order valence-electron chi connectivity index (χ0n) is 15.3. The van der Waals surface area contributed by atoms with Crippen LogP contribution in [0, 0.1) is 5.82 Å². The number of hydrogen-bond donors (Lipinski definition) is 2. The predicted molar refractivity (Wildman–Crippen MR) is 96.0 cm³/mol. The van der Waals surface area contributed by atoms with Crippen molar-refractivity contribution in [1.29, 1.82) is 0 Å². The van der Waals surface area contributed by atoms with Crippen LogP contribution in [0.25, 0.3) is 0 Å². The molecule has 2 N–H and O–H groups in total. The Balaban J connectivity index is 1.76. The van der Waals surface area contributed by atoms with Gasteiger partial charge in [-0.3, -0.25) is 4.79 Å². The van der Waals surface area contributed by atoms with Gasteiger partial charge in [0.25, 0.3) is 5.91 Å². The topological polar surface area (TPSA) is 105 Å². The van der Waals surface area contributed by atoms with Gasteiger partial charge in [-0.1, -0.05) is 0 Å². The number of amides is 1. The van der Waals surface area contributed by atoms with Crippen molar-refractivity contribution < 1.29 is 28.8 Å². The summed E-state index contributed by atoms with van der Waals surface area (Å²) in [5, 5.41) is 18.7. The zero-order valence-corrected chi connectivity index (χ0v) is 15.3. The van der Waals surface area contributed by atoms with Crippen LogP contribution in [0.5, 0.6) is 0 Å². The molecule has 0 radical (unpaired) electrons. The fourth-order valence-corrected chi connectivity index (χ4v) is 3.90. The lowest BCUT2D eigenvalue weighted by Crippen LogP contribution is -2.36. The minimum absolute atomic E-state index is 0.00764. The monoisotopic (exact) mass is 387 g/mol. The first-order valence-electron chi connectivity index (χ1n) is 9.12. The third-order valence-corrected chi connectivity index (χ3v) is 5.21. The molecule has 8 nitrogen and oxygen atoms in total. The summed E-state index contributed by atoms with van der Waals surface area (Å²) in [7, 11) is -1.90. The van der Waals surface area contributed by atoms with Crippen molar-refractivity contribution in [1.82, 2.24) is 14.5 Å². The summed E-state index contributed by atoms with van der Waals surface area (Å²) < 4.78 is 21.6. The van der Waals surface area contributed by atoms with E-state index < -0.39 is 30.9 Å². The molecule has 4 rings (SSSR count). The van der Waals surface area contributed by atoms with E-state index >= 15 is 0 Å². The maximum Gasteiger partial charge on any atom is 0.488 e. The number of rotatable bonds is 5. The van der Waals surface area contributed by atoms with E-state index in [0.717, 1.165) is 31.1 Å². The molecule has 0 saturated carbocycles. The van der Waals surface area contributed by atoms with Crippen LogP contribution in [0.15, 0.2) is 18.5 Å². The smallest absolute Gasteiger partial charge is 0.464 e. The summed E-state index contributed by atoms with van der Waals surface area (Å²) in [6.45, 7) is 2.47. The van der Waals surface area contributed by atoms with E-state index in [-0.39, 0.29) is 29.7 Å². The molecule has 28 heavy (non-hydrogen) atoms. The highest BCUT2D eigenvalue weighted by molar-refractivity contribution is 6.58. The average Bonchev–Trinajstić information content (AvgIpc) is 3.33. The number of carbonyl (C=O) groups excluding carboxylic acids is 2. The molecule has 0 unspecified atom stereocenters. The number of fused-ring (bicyclic) bond motifs is 2. The Morgan fingerprint density at radius 2 is 2.21 bits per heavy atom. The Hall–Kier alpha value is -2.72. The summed E-state index contributed by atoms with van der Waals surface area (Å²) in [5.41, 5.74) is 1.31. The molecule has 2 aliphatic heterocycles. The highest BCUT2D eigenvalue weighted by Crippen LogP contribution is 2.35. The highest BCUT2D eigenvalue weighted by atomic mass is 19.1. The van der Waals surface area contributed by atoms with E-state index in [0.29, 0.717) is 5.69 Å². The Morgan fingerprint density at radius 3 is 2.93 bits per heavy atom. The number of aryl methyl sites for hydroxylation is 1. The maximum absolute atomic E-state index is 14.5. The zero-order chi connectivity index (χ0) is 20.0. The number of esters is 1. The molecule has 1 atom stereocenters. The van der Waals surface area contributed by atoms with Gasteiger partial charge in [-0.25, -0.2) is 14.2 Å². The van der Waals surface area contributed by atoms with Gasteiger partial charge in [0, 0.05) is 23.4 Å². The molecule has 0 aliphatic carbocycles. The van der Waals surface area contributed by atoms with Gasteiger partial charge in [0.15, 0.2) is 6.04 Å². The lowest BCUT2D eigenvalue weighted by molar-refractivity contribution is -0.149. The number of hydrogen-bond acceptors (Lipinski definition) is 6. The lowest BCUT2D eigenvalue weighted by Gasteiger charge is -2.25. The number of halogens is 1. The molecule has 1 aromatic carbocycles. The summed E-state index contributed by atoms with van der Waals surface area (Å²) in [6.07, 6.45) is 3.29. The fourth-order valence-electron chi connectivity index (χ4n) is 3.90. The fraction of sp³-hybridized carbons (Fsp3) is 0.389. The summed E-state index contributed by atoms with van der Waals surface area (Å²) in [6, 6.07) is 1.13. The second-order valence-corrected chi connectivity index (χ2v) is 6.86. The average molecular weight is 387 g/mol. The van der Waals surface area contributed by atoms with Gasteiger partial charge in [0.05, 0.1) is 25.2 Å². The second kappa shape index (κ2) is 7.03. The third-order valence-electron chi connectivity index (χ3n) is 5.21. The largest absolute Gasteiger partial charge is 0.488 e. The van der Waals surface area contributed by atoms with Gasteiger partial charge in [-0.2, -0.15) is 0 Å². The van der Waals surface area contributed by atoms with Gasteiger partial charge in [-0.05, 0) is 37.4 Å². The Labute approximate surface area is 160 Å². The molecule has 1 aromatic heterocycles. The van der Waals surface area contributed by atoms with Gasteiger partial charge in [0.2, 0.25) is 0 Å². The molecule has 10 heteroatoms. The third kappa shape index (κ3) is 2.89. The minimum Gasteiger partial charge on any atom is -0.464 e. The first-order chi connectivity index (χ1) is 13.4. The van der Waals surface area contributed by atoms with Crippen molar-refractivity contribution in [3.05, 3.63) is 46.8 Å². The van der Waals surface area contributed by atoms with E-state index in [9.17, 15) is 24.0 Å². The molecule has 0 bridgehead atoms. The molecule has 2 aliphatic rings. The van der Waals surface area contributed by atoms with Crippen LogP contribution in [-0.2, 0) is 29.0 Å². The van der Waals surface area contributed by atoms with Crippen molar-refractivity contribution in [2.45, 2.75) is 38.9 Å². The number of imidazole rings is 1. The van der Waals surface area contributed by atoms with Crippen molar-refractivity contribution in [3.63, 3.8) is 0 Å². The SMILES string of the molecule is CCOC(=O)[C@@H](c1ncn2c1CCC2)N1Cc2c(F)cc(B(O)O)cc2C1=O. The molecule has 1 amide bonds. The van der Waals surface area contributed by atoms with Gasteiger partial charge in [-0.15, -0.1) is 0 Å². The Morgan fingerprint density at radius 1 is 1.43 bits per heavy atom. The van der Waals surface area contributed by atoms with Crippen molar-refractivity contribution in [3.8, 4) is 0 Å². The molecule has 0 saturated heterocycles. The normalized spacial score (nSPS) is 16.1. The lowest BCUT2D eigenvalue weighted by atomic mass is 9.79. The molecule has 0 fully saturated rings. The van der Waals surface area contributed by atoms with Gasteiger partial charge in [0.1, 0.15) is 5.82 Å². The number of nitrogens with zero attached hydrogens (tertiary/aromatic N) is 3. The molecular formula is C18H19BFN3O5. The van der Waals surface area contributed by atoms with E-state index in [1.165, 1.54) is 11.0 Å². The van der Waals surface area contributed by atoms with Gasteiger partial charge >= 0.3 is 13.1 Å². The highest BCUT2D eigenvalue weighted by Gasteiger charge is 2.42. The Kier molecular flexibility index (Phi) is 4.68. The molecule has 3 heterocycles. The van der Waals surface area contributed by atoms with Crippen molar-refractivity contribution >= 4 is 24.5 Å². The van der Waals surface area contributed by atoms with E-state index in [4.69, 9.17) is 4.74 Å². The first-order valence-corrected chi connectivity index (χ1v) is 9.12. The van der Waals surface area contributed by atoms with E-state index in [1.807, 2.05) is 4.57 Å². The van der Waals surface area contributed by atoms with Crippen LogP contribution in [0.1, 0.15) is 46.7 Å². The summed E-state index contributed by atoms with van der Waals surface area (Å²) >= 11 is 0. The standard InChI is InChI=1S/C18H19BFN3O5/c1-2-28-18(25)16(15-14-4-3-5-22(14)9-21-15)23-8-12-11(17(23)24)6-10(19(26)27)7-13(12)20/h6-7,9,16,26-27H,2-5,8H2,1H3/t16-/m1/s1. The first kappa shape index (κ1) is 18.6. The molecule has 146 valence electrons. The number of benzene rings is 1. The summed E-state index contributed by atoms with van der Waals surface area (Å²) in [4.78, 5) is 31.4. The second-order valence-electron chi connectivity index (χ2n) is 6.86. The molecular weight excluding hydrogens is 368 g/mol. The van der Waals surface area contributed by atoms with Crippen LogP contribution in [0.4, 0.5) is 4.39 Å². The van der Waals surface area contributed by atoms with Crippen LogP contribution >= 0.6 is 0 Å². The Bertz CT molecular complexity index is 961. The van der Waals surface area contributed by atoms with Gasteiger partial charge < -0.3 is 24.3 Å². The minimum atomic E-state index is -1.90. The maximum atomic E-state index is 14.5. The number of ether oxygens (including phenoxy) is 1. The number of carbonyl (C=O) groups is 2. The van der Waals surface area contributed by atoms with Crippen molar-refractivity contribution in [2.75, 3.05) is 6.61 Å². The number of aromatic nitrogens is 2. The summed E-state index contributed by atoms with van der Waals surface area (Å²) in [5.74, 6) is -1.93. The van der Waals surface area contributed by atoms with Crippen LogP contribution in [-0.4, -0.2) is 50.1 Å². The van der Waals surface area contributed by atoms with E-state index in [1.54, 1.807) is 13.3 Å². The molecule has 2 aromatic rings. The quantitative estimate of drug-likeness (QED) is 0.549. The van der Waals surface area contributed by atoms with Crippen LogP contribution in [0.3, 0.4) is 0 Å². The van der Waals surface area contributed by atoms with Crippen molar-refractivity contribution in [2.24, 2.45) is 0 Å². The molecule has 0 spiro atoms. The predicted octanol–water partition coefficient (Wildman–Crippen LogP) is -0.0916.